The molecule has 0 bridgehead atoms. The van der Waals surface area contributed by atoms with E-state index in [1.807, 2.05) is 12.3 Å². The Kier molecular flexibility index (Phi) is 7.91. The van der Waals surface area contributed by atoms with E-state index in [1.54, 1.807) is 0 Å². The summed E-state index contributed by atoms with van der Waals surface area (Å²) >= 11 is 0. The van der Waals surface area contributed by atoms with E-state index in [2.05, 4.69) is 170 Å². The molecule has 0 radical (unpaired) electrons. The molecule has 3 nitrogen and oxygen atoms in total. The van der Waals surface area contributed by atoms with Gasteiger partial charge in [0.05, 0.1) is 17.3 Å². The average Bonchev–Trinajstić information content (AvgIpc) is 3.28. The van der Waals surface area contributed by atoms with Gasteiger partial charge in [-0.2, -0.15) is 0 Å². The summed E-state index contributed by atoms with van der Waals surface area (Å²) in [5, 5.41) is 3.68. The molecule has 0 amide bonds. The molecule has 6 aromatic carbocycles. The number of hydrogen-bond donors (Lipinski definition) is 0. The molecule has 0 saturated heterocycles. The van der Waals surface area contributed by atoms with E-state index >= 15 is 0 Å². The third-order valence-electron chi connectivity index (χ3n) is 12.1. The Balaban J connectivity index is 0.990. The molecule has 0 N–H and O–H groups in total. The fourth-order valence-corrected chi connectivity index (χ4v) is 9.21. The van der Waals surface area contributed by atoms with Crippen LogP contribution in [0.3, 0.4) is 0 Å². The summed E-state index contributed by atoms with van der Waals surface area (Å²) in [7, 11) is 0. The molecule has 3 heteroatoms. The van der Waals surface area contributed by atoms with Gasteiger partial charge in [-0.1, -0.05) is 158 Å². The lowest BCUT2D eigenvalue weighted by Gasteiger charge is -2.31. The van der Waals surface area contributed by atoms with Crippen LogP contribution in [0.15, 0.2) is 186 Å². The average molecular weight is 718 g/mol. The Bertz CT molecular complexity index is 2880. The molecule has 0 fully saturated rings. The van der Waals surface area contributed by atoms with Gasteiger partial charge in [-0.05, 0) is 86.3 Å². The first-order valence-electron chi connectivity index (χ1n) is 19.8. The summed E-state index contributed by atoms with van der Waals surface area (Å²) in [5.74, 6) is 1.53. The van der Waals surface area contributed by atoms with E-state index in [0.29, 0.717) is 11.8 Å². The number of fused-ring (bicyclic) bond motifs is 7. The second-order valence-corrected chi connectivity index (χ2v) is 15.4. The number of nitrogens with zero attached hydrogens (tertiary/aromatic N) is 3. The number of aryl methyl sites for hydroxylation is 1. The number of benzene rings is 6. The minimum atomic E-state index is -0.0750. The molecular weight excluding hydrogens is 679 g/mol. The van der Waals surface area contributed by atoms with Crippen LogP contribution >= 0.6 is 0 Å². The standard InChI is InChI=1S/C53H39N3/c1-4-14-42-38(11-1)30-48(46-18-8-6-16-44(42)46)35-23-25-36(26-24-35)51-32-52(49-31-39-12-2-5-15-43(39)45-17-7-9-19-47(45)49)56-53(55-51)37-27-21-34(22-28-37)41-29-40-13-3-10-20-50(40)54-33-41/h1,3-11,13-31,33,38,42,51H,2,12,32H2. The van der Waals surface area contributed by atoms with E-state index in [0.717, 1.165) is 58.4 Å². The number of hydrogen-bond acceptors (Lipinski definition) is 3. The van der Waals surface area contributed by atoms with Crippen molar-refractivity contribution in [3.8, 4) is 11.1 Å². The maximum atomic E-state index is 5.42. The van der Waals surface area contributed by atoms with Crippen LogP contribution in [0, 0.1) is 5.92 Å². The van der Waals surface area contributed by atoms with Crippen LogP contribution in [0.2, 0.25) is 0 Å². The highest BCUT2D eigenvalue weighted by molar-refractivity contribution is 6.19. The zero-order valence-electron chi connectivity index (χ0n) is 31.0. The molecule has 11 rings (SSSR count). The Hall–Kier alpha value is -6.71. The molecule has 4 aliphatic rings. The van der Waals surface area contributed by atoms with Crippen LogP contribution in [0.1, 0.15) is 69.3 Å². The number of pyridine rings is 1. The van der Waals surface area contributed by atoms with E-state index < -0.39 is 0 Å². The Morgan fingerprint density at radius 1 is 0.625 bits per heavy atom. The van der Waals surface area contributed by atoms with Crippen molar-refractivity contribution in [1.82, 2.24) is 4.98 Å². The highest BCUT2D eigenvalue weighted by Gasteiger charge is 2.29. The van der Waals surface area contributed by atoms with E-state index in [1.165, 1.54) is 55.3 Å². The normalized spacial score (nSPS) is 19.5. The lowest BCUT2D eigenvalue weighted by atomic mass is 9.73. The molecular formula is C53H39N3. The number of aromatic nitrogens is 1. The molecule has 3 atom stereocenters. The number of para-hydroxylation sites is 1. The van der Waals surface area contributed by atoms with Crippen LogP contribution in [-0.2, 0) is 6.42 Å². The van der Waals surface area contributed by atoms with Gasteiger partial charge in [-0.15, -0.1) is 0 Å². The first kappa shape index (κ1) is 32.7. The number of rotatable bonds is 5. The van der Waals surface area contributed by atoms with Crippen molar-refractivity contribution in [1.29, 1.82) is 0 Å². The Morgan fingerprint density at radius 2 is 1.39 bits per heavy atom. The number of allylic oxidation sites excluding steroid dienone is 6. The number of aliphatic imine (C=N–C) groups is 2. The van der Waals surface area contributed by atoms with Gasteiger partial charge in [-0.25, -0.2) is 4.99 Å². The third kappa shape index (κ3) is 5.70. The molecule has 3 unspecified atom stereocenters. The smallest absolute Gasteiger partial charge is 0.155 e. The van der Waals surface area contributed by atoms with Gasteiger partial charge in [0.15, 0.2) is 5.84 Å². The molecule has 3 aliphatic carbocycles. The van der Waals surface area contributed by atoms with Crippen molar-refractivity contribution in [2.75, 3.05) is 0 Å². The summed E-state index contributed by atoms with van der Waals surface area (Å²) in [6.07, 6.45) is 20.9. The molecule has 1 aromatic heterocycles. The van der Waals surface area contributed by atoms with Gasteiger partial charge in [-0.3, -0.25) is 9.98 Å². The van der Waals surface area contributed by atoms with Gasteiger partial charge in [0.25, 0.3) is 0 Å². The van der Waals surface area contributed by atoms with Crippen LogP contribution in [0.4, 0.5) is 0 Å². The molecule has 7 aromatic rings. The maximum absolute atomic E-state index is 5.42. The first-order valence-corrected chi connectivity index (χ1v) is 19.8. The summed E-state index contributed by atoms with van der Waals surface area (Å²) < 4.78 is 0. The molecule has 266 valence electrons. The monoisotopic (exact) mass is 717 g/mol. The molecule has 56 heavy (non-hydrogen) atoms. The zero-order chi connectivity index (χ0) is 37.0. The van der Waals surface area contributed by atoms with Crippen molar-refractivity contribution in [3.05, 3.63) is 221 Å². The zero-order valence-corrected chi connectivity index (χ0v) is 31.0. The van der Waals surface area contributed by atoms with Crippen LogP contribution in [0.25, 0.3) is 44.5 Å². The second-order valence-electron chi connectivity index (χ2n) is 15.4. The topological polar surface area (TPSA) is 37.6 Å². The van der Waals surface area contributed by atoms with Crippen LogP contribution in [-0.4, -0.2) is 16.5 Å². The van der Waals surface area contributed by atoms with Crippen molar-refractivity contribution in [2.24, 2.45) is 15.9 Å². The van der Waals surface area contributed by atoms with Gasteiger partial charge in [0.2, 0.25) is 0 Å². The van der Waals surface area contributed by atoms with Crippen molar-refractivity contribution in [2.45, 2.75) is 31.2 Å². The van der Waals surface area contributed by atoms with Crippen LogP contribution < -0.4 is 0 Å². The predicted octanol–water partition coefficient (Wildman–Crippen LogP) is 12.7. The van der Waals surface area contributed by atoms with Gasteiger partial charge in [0, 0.05) is 46.5 Å². The van der Waals surface area contributed by atoms with Gasteiger partial charge in [0.1, 0.15) is 0 Å². The minimum Gasteiger partial charge on any atom is -0.258 e. The number of amidine groups is 1. The summed E-state index contributed by atoms with van der Waals surface area (Å²) in [6, 6.07) is 48.4. The third-order valence-corrected chi connectivity index (χ3v) is 12.1. The van der Waals surface area contributed by atoms with E-state index in [-0.39, 0.29) is 6.04 Å². The Labute approximate surface area is 327 Å². The van der Waals surface area contributed by atoms with Crippen LogP contribution in [0.5, 0.6) is 0 Å². The first-order chi connectivity index (χ1) is 27.7. The van der Waals surface area contributed by atoms with Gasteiger partial charge < -0.3 is 0 Å². The minimum absolute atomic E-state index is 0.0750. The summed E-state index contributed by atoms with van der Waals surface area (Å²) in [6.45, 7) is 0. The summed E-state index contributed by atoms with van der Waals surface area (Å²) in [5.41, 5.74) is 15.8. The van der Waals surface area contributed by atoms with Crippen molar-refractivity contribution in [3.63, 3.8) is 0 Å². The second kappa shape index (κ2) is 13.5. The lowest BCUT2D eigenvalue weighted by Crippen LogP contribution is -2.18. The highest BCUT2D eigenvalue weighted by atomic mass is 15.0. The maximum Gasteiger partial charge on any atom is 0.155 e. The summed E-state index contributed by atoms with van der Waals surface area (Å²) in [4.78, 5) is 15.5. The largest absolute Gasteiger partial charge is 0.258 e. The lowest BCUT2D eigenvalue weighted by molar-refractivity contribution is 0.689. The quantitative estimate of drug-likeness (QED) is 0.175. The van der Waals surface area contributed by atoms with E-state index in [9.17, 15) is 0 Å². The van der Waals surface area contributed by atoms with Gasteiger partial charge >= 0.3 is 0 Å². The fourth-order valence-electron chi connectivity index (χ4n) is 9.21. The molecule has 0 saturated carbocycles. The van der Waals surface area contributed by atoms with Crippen molar-refractivity contribution >= 4 is 44.9 Å². The molecule has 0 spiro atoms. The molecule has 1 aliphatic heterocycles. The predicted molar refractivity (Wildman–Crippen MR) is 233 cm³/mol. The van der Waals surface area contributed by atoms with E-state index in [4.69, 9.17) is 15.0 Å². The SMILES string of the molecule is C1=CC2C=C(c3ccc(C4CC(c5cc6c(c7ccccc57)C=CCC6)=NC(c5ccc(-c6cnc7ccccc7c6)cc5)=N4)cc3)c3ccccc3C2C=C1. The highest BCUT2D eigenvalue weighted by Crippen LogP contribution is 2.44. The molecule has 2 heterocycles. The Morgan fingerprint density at radius 3 is 2.30 bits per heavy atom. The fraction of sp³-hybridized carbons (Fsp3) is 0.113. The van der Waals surface area contributed by atoms with Crippen molar-refractivity contribution < 1.29 is 0 Å².